The van der Waals surface area contributed by atoms with Crippen molar-refractivity contribution in [1.82, 2.24) is 4.57 Å². The van der Waals surface area contributed by atoms with E-state index in [9.17, 15) is 0 Å². The molecule has 0 unspecified atom stereocenters. The van der Waals surface area contributed by atoms with Crippen LogP contribution in [0.4, 0.5) is 0 Å². The van der Waals surface area contributed by atoms with Crippen molar-refractivity contribution in [2.45, 2.75) is 13.0 Å². The number of rotatable bonds is 4. The van der Waals surface area contributed by atoms with Crippen LogP contribution in [-0.4, -0.2) is 11.3 Å². The second-order valence-corrected chi connectivity index (χ2v) is 12.2. The Labute approximate surface area is 291 Å². The van der Waals surface area contributed by atoms with Crippen LogP contribution in [0.25, 0.3) is 59.8 Å². The van der Waals surface area contributed by atoms with E-state index in [1.807, 2.05) is 18.2 Å². The fourth-order valence-electron chi connectivity index (χ4n) is 7.07. The van der Waals surface area contributed by atoms with E-state index in [2.05, 4.69) is 151 Å². The van der Waals surface area contributed by atoms with E-state index in [0.29, 0.717) is 12.1 Å². The van der Waals surface area contributed by atoms with Crippen LogP contribution in [0.3, 0.4) is 0 Å². The number of nitrogens with two attached hydrogens (primary N) is 1. The van der Waals surface area contributed by atoms with Crippen molar-refractivity contribution in [1.29, 1.82) is 10.7 Å². The molecular formula is C46H36N4. The zero-order valence-electron chi connectivity index (χ0n) is 27.7. The molecule has 4 heteroatoms. The molecule has 4 nitrogen and oxygen atoms in total. The molecule has 9 aromatic rings. The molecule has 1 aromatic heterocycles. The summed E-state index contributed by atoms with van der Waals surface area (Å²) in [6.45, 7) is 3.00. The molecule has 3 N–H and O–H groups in total. The molecule has 0 aliphatic heterocycles. The van der Waals surface area contributed by atoms with Crippen LogP contribution in [-0.2, 0) is 13.0 Å². The van der Waals surface area contributed by atoms with Gasteiger partial charge in [-0.3, -0.25) is 0 Å². The van der Waals surface area contributed by atoms with E-state index in [1.165, 1.54) is 70.9 Å². The molecule has 0 radical (unpaired) electrons. The molecule has 50 heavy (non-hydrogen) atoms. The highest BCUT2D eigenvalue weighted by Gasteiger charge is 2.13. The first-order valence-electron chi connectivity index (χ1n) is 16.7. The van der Waals surface area contributed by atoms with E-state index in [1.54, 1.807) is 12.1 Å². The molecule has 8 aromatic carbocycles. The molecule has 0 aliphatic carbocycles. The van der Waals surface area contributed by atoms with Crippen LogP contribution in [0.2, 0.25) is 0 Å². The Balaban J connectivity index is 0.000000281. The molecule has 240 valence electrons. The topological polar surface area (TPSA) is 78.6 Å². The highest BCUT2D eigenvalue weighted by molar-refractivity contribution is 6.25. The number of para-hydroxylation sites is 2. The number of aromatic nitrogens is 1. The van der Waals surface area contributed by atoms with Crippen molar-refractivity contribution in [2.75, 3.05) is 0 Å². The van der Waals surface area contributed by atoms with E-state index < -0.39 is 0 Å². The molecule has 0 amide bonds. The Morgan fingerprint density at radius 2 is 0.960 bits per heavy atom. The maximum atomic E-state index is 8.47. The molecule has 0 saturated heterocycles. The monoisotopic (exact) mass is 644 g/mol. The number of nitrogens with zero attached hydrogens (tertiary/aromatic N) is 2. The van der Waals surface area contributed by atoms with Gasteiger partial charge in [-0.2, -0.15) is 5.26 Å². The summed E-state index contributed by atoms with van der Waals surface area (Å²) in [7, 11) is 0. The van der Waals surface area contributed by atoms with Crippen molar-refractivity contribution in [2.24, 2.45) is 5.73 Å². The zero-order valence-corrected chi connectivity index (χ0v) is 27.7. The van der Waals surface area contributed by atoms with Crippen LogP contribution < -0.4 is 5.73 Å². The highest BCUT2D eigenvalue weighted by atomic mass is 15.0. The minimum Gasteiger partial charge on any atom is -0.326 e. The van der Waals surface area contributed by atoms with Crippen LogP contribution in [0.1, 0.15) is 22.3 Å². The molecule has 1 heterocycles. The number of nitriles is 1. The second kappa shape index (κ2) is 14.3. The number of nitrogens with one attached hydrogen (secondary N) is 1. The van der Waals surface area contributed by atoms with Gasteiger partial charge in [-0.25, -0.2) is 0 Å². The van der Waals surface area contributed by atoms with E-state index in [-0.39, 0.29) is 0 Å². The molecule has 0 bridgehead atoms. The minimum absolute atomic E-state index is 0.496. The summed E-state index contributed by atoms with van der Waals surface area (Å²) in [6, 6.07) is 60.4. The predicted molar refractivity (Wildman–Crippen MR) is 211 cm³/mol. The maximum Gasteiger partial charge on any atom is 0.0991 e. The van der Waals surface area contributed by atoms with Crippen molar-refractivity contribution in [3.05, 3.63) is 186 Å². The SMILES string of the molecule is C=N.N#Cc1cccc(CN)c1.c1cc(Cc2ccc3c4ccccc4c4ccccc4c3c2)cc(-n2c3ccccc3c3ccccc32)c1. The summed E-state index contributed by atoms with van der Waals surface area (Å²) in [5.41, 5.74) is 13.4. The van der Waals surface area contributed by atoms with E-state index in [4.69, 9.17) is 16.4 Å². The van der Waals surface area contributed by atoms with Gasteiger partial charge >= 0.3 is 0 Å². The van der Waals surface area contributed by atoms with Gasteiger partial charge < -0.3 is 15.7 Å². The number of hydrogen-bond donors (Lipinski definition) is 2. The van der Waals surface area contributed by atoms with Gasteiger partial charge in [0.2, 0.25) is 0 Å². The number of hydrogen-bond acceptors (Lipinski definition) is 3. The first-order chi connectivity index (χ1) is 24.7. The molecule has 0 fully saturated rings. The van der Waals surface area contributed by atoms with Crippen molar-refractivity contribution >= 4 is 60.8 Å². The summed E-state index contributed by atoms with van der Waals surface area (Å²) in [5, 5.41) is 24.5. The van der Waals surface area contributed by atoms with Gasteiger partial charge in [-0.1, -0.05) is 127 Å². The normalized spacial score (nSPS) is 10.8. The smallest absolute Gasteiger partial charge is 0.0991 e. The molecule has 9 rings (SSSR count). The molecule has 0 atom stereocenters. The van der Waals surface area contributed by atoms with Crippen LogP contribution in [0.5, 0.6) is 0 Å². The Kier molecular flexibility index (Phi) is 9.16. The Bertz CT molecular complexity index is 2590. The fraction of sp³-hybridized carbons (Fsp3) is 0.0435. The first-order valence-corrected chi connectivity index (χ1v) is 16.7. The van der Waals surface area contributed by atoms with Crippen LogP contribution in [0, 0.1) is 16.7 Å². The van der Waals surface area contributed by atoms with Gasteiger partial charge in [0, 0.05) is 23.0 Å². The highest BCUT2D eigenvalue weighted by Crippen LogP contribution is 2.36. The standard InChI is InChI=1S/C37H25N.C8H8N2.CH3N/c1-2-14-30-28(12-1)29-13-3-4-15-31(29)35-24-26(20-21-32(30)35)22-25-10-9-11-27(23-25)38-36-18-7-5-16-33(36)34-17-6-8-19-37(34)38;9-5-7-2-1-3-8(4-7)6-10;1-2/h1-21,23-24H,22H2;1-4H,5,9H2;2H,1H2. The van der Waals surface area contributed by atoms with Crippen LogP contribution >= 0.6 is 0 Å². The summed E-state index contributed by atoms with van der Waals surface area (Å²) >= 11 is 0. The largest absolute Gasteiger partial charge is 0.326 e. The van der Waals surface area contributed by atoms with Gasteiger partial charge in [0.15, 0.2) is 0 Å². The Morgan fingerprint density at radius 1 is 0.480 bits per heavy atom. The predicted octanol–water partition coefficient (Wildman–Crippen LogP) is 11.1. The summed E-state index contributed by atoms with van der Waals surface area (Å²) in [5.74, 6) is 0. The molecular weight excluding hydrogens is 609 g/mol. The van der Waals surface area contributed by atoms with Gasteiger partial charge in [0.25, 0.3) is 0 Å². The third-order valence-corrected chi connectivity index (χ3v) is 9.26. The van der Waals surface area contributed by atoms with Crippen molar-refractivity contribution in [3.63, 3.8) is 0 Å². The molecule has 0 saturated carbocycles. The summed E-state index contributed by atoms with van der Waals surface area (Å²) in [4.78, 5) is 0. The lowest BCUT2D eigenvalue weighted by Gasteiger charge is -2.13. The third-order valence-electron chi connectivity index (χ3n) is 9.26. The molecule has 0 spiro atoms. The van der Waals surface area contributed by atoms with Gasteiger partial charge in [0.05, 0.1) is 22.7 Å². The lowest BCUT2D eigenvalue weighted by molar-refractivity contribution is 1.07. The second-order valence-electron chi connectivity index (χ2n) is 12.2. The van der Waals surface area contributed by atoms with Gasteiger partial charge in [-0.15, -0.1) is 0 Å². The average Bonchev–Trinajstić information content (AvgIpc) is 3.53. The Hall–Kier alpha value is -6.54. The number of fused-ring (bicyclic) bond motifs is 9. The lowest BCUT2D eigenvalue weighted by Crippen LogP contribution is -1.96. The fourth-order valence-corrected chi connectivity index (χ4v) is 7.07. The van der Waals surface area contributed by atoms with Crippen molar-refractivity contribution < 1.29 is 0 Å². The van der Waals surface area contributed by atoms with E-state index in [0.717, 1.165) is 12.0 Å². The summed E-state index contributed by atoms with van der Waals surface area (Å²) in [6.07, 6.45) is 0.891. The van der Waals surface area contributed by atoms with Gasteiger partial charge in [0.1, 0.15) is 0 Å². The summed E-state index contributed by atoms with van der Waals surface area (Å²) < 4.78 is 2.40. The van der Waals surface area contributed by atoms with E-state index >= 15 is 0 Å². The van der Waals surface area contributed by atoms with Crippen molar-refractivity contribution in [3.8, 4) is 11.8 Å². The quantitative estimate of drug-likeness (QED) is 0.148. The third kappa shape index (κ3) is 5.99. The first kappa shape index (κ1) is 32.0. The average molecular weight is 645 g/mol. The number of benzene rings is 8. The van der Waals surface area contributed by atoms with Gasteiger partial charge in [-0.05, 0) is 98.5 Å². The zero-order chi connectivity index (χ0) is 34.5. The van der Waals surface area contributed by atoms with Crippen LogP contribution in [0.15, 0.2) is 164 Å². The lowest BCUT2D eigenvalue weighted by atomic mass is 9.92. The molecule has 0 aliphatic rings. The maximum absolute atomic E-state index is 8.47. The Morgan fingerprint density at radius 3 is 1.54 bits per heavy atom. The minimum atomic E-state index is 0.496.